The minimum atomic E-state index is -0.0285. The van der Waals surface area contributed by atoms with Crippen LogP contribution < -0.4 is 10.1 Å². The highest BCUT2D eigenvalue weighted by Crippen LogP contribution is 2.36. The number of benzene rings is 1. The van der Waals surface area contributed by atoms with E-state index in [0.29, 0.717) is 19.2 Å². The molecule has 0 bridgehead atoms. The molecule has 0 radical (unpaired) electrons. The molecule has 1 aliphatic carbocycles. The van der Waals surface area contributed by atoms with Crippen molar-refractivity contribution in [3.63, 3.8) is 0 Å². The lowest BCUT2D eigenvalue weighted by atomic mass is 10.0. The van der Waals surface area contributed by atoms with E-state index in [2.05, 4.69) is 15.3 Å². The second kappa shape index (κ2) is 8.98. The quantitative estimate of drug-likeness (QED) is 0.603. The number of para-hydroxylation sites is 1. The summed E-state index contributed by atoms with van der Waals surface area (Å²) in [5.41, 5.74) is 2.97. The van der Waals surface area contributed by atoms with Crippen molar-refractivity contribution in [2.45, 2.75) is 51.4 Å². The van der Waals surface area contributed by atoms with E-state index >= 15 is 0 Å². The van der Waals surface area contributed by atoms with Gasteiger partial charge in [-0.05, 0) is 37.1 Å². The number of nitrogens with zero attached hydrogens (tertiary/aromatic N) is 3. The smallest absolute Gasteiger partial charge is 0.241 e. The van der Waals surface area contributed by atoms with Gasteiger partial charge in [0.2, 0.25) is 5.91 Å². The fraction of sp³-hybridized carbons (Fsp3) is 0.417. The lowest BCUT2D eigenvalue weighted by Gasteiger charge is -2.28. The molecule has 0 atom stereocenters. The van der Waals surface area contributed by atoms with Gasteiger partial charge >= 0.3 is 0 Å². The number of hydrogen-bond acceptors (Lipinski definition) is 5. The fourth-order valence-electron chi connectivity index (χ4n) is 4.70. The van der Waals surface area contributed by atoms with Gasteiger partial charge in [0.15, 0.2) is 0 Å². The first-order valence-electron chi connectivity index (χ1n) is 11.1. The third kappa shape index (κ3) is 4.37. The molecule has 0 unspecified atom stereocenters. The van der Waals surface area contributed by atoms with Crippen molar-refractivity contribution in [3.8, 4) is 17.0 Å². The number of nitrogens with one attached hydrogen (secondary N) is 1. The van der Waals surface area contributed by atoms with E-state index in [9.17, 15) is 4.79 Å². The molecule has 2 aliphatic rings. The molecule has 1 saturated carbocycles. The van der Waals surface area contributed by atoms with Crippen LogP contribution in [0.15, 0.2) is 53.3 Å². The molecule has 7 nitrogen and oxygen atoms in total. The Morgan fingerprint density at radius 1 is 1.19 bits per heavy atom. The molecular formula is C24H28N4O3. The molecule has 1 amide bonds. The topological polar surface area (TPSA) is 72.5 Å². The molecule has 3 aromatic rings. The van der Waals surface area contributed by atoms with Gasteiger partial charge in [-0.1, -0.05) is 25.0 Å². The summed E-state index contributed by atoms with van der Waals surface area (Å²) in [6, 6.07) is 12.4. The highest BCUT2D eigenvalue weighted by atomic mass is 16.5. The van der Waals surface area contributed by atoms with Crippen molar-refractivity contribution >= 4 is 5.91 Å². The Hall–Kier alpha value is -3.06. The van der Waals surface area contributed by atoms with Crippen LogP contribution in [-0.2, 0) is 24.5 Å². The van der Waals surface area contributed by atoms with Crippen molar-refractivity contribution in [2.75, 3.05) is 13.1 Å². The first-order valence-corrected chi connectivity index (χ1v) is 11.1. The minimum Gasteiger partial charge on any atom is -0.488 e. The zero-order chi connectivity index (χ0) is 21.0. The summed E-state index contributed by atoms with van der Waals surface area (Å²) in [7, 11) is 0. The molecule has 0 spiro atoms. The van der Waals surface area contributed by atoms with Crippen molar-refractivity contribution in [1.82, 2.24) is 20.0 Å². The molecular weight excluding hydrogens is 392 g/mol. The molecule has 1 aliphatic heterocycles. The molecule has 31 heavy (non-hydrogen) atoms. The third-order valence-electron chi connectivity index (χ3n) is 6.24. The van der Waals surface area contributed by atoms with Crippen LogP contribution in [0, 0.1) is 0 Å². The standard InChI is InChI=1S/C24H28N4O3/c29-23(16-28-24-18(14-26-28)17-31-22-10-4-3-9-21(22)24)25-11-12-27(19-6-1-2-7-19)15-20-8-5-13-30-20/h3-5,8-10,13-14,19H,1-2,6-7,11-12,15-17H2,(H,25,29). The van der Waals surface area contributed by atoms with Crippen LogP contribution in [0.1, 0.15) is 37.0 Å². The maximum Gasteiger partial charge on any atom is 0.241 e. The number of amides is 1. The summed E-state index contributed by atoms with van der Waals surface area (Å²) in [6.07, 6.45) is 8.51. The number of furan rings is 1. The van der Waals surface area contributed by atoms with Gasteiger partial charge in [0.05, 0.1) is 24.7 Å². The van der Waals surface area contributed by atoms with E-state index in [-0.39, 0.29) is 12.5 Å². The van der Waals surface area contributed by atoms with E-state index in [4.69, 9.17) is 9.15 Å². The lowest BCUT2D eigenvalue weighted by Crippen LogP contribution is -2.40. The largest absolute Gasteiger partial charge is 0.488 e. The number of rotatable bonds is 8. The fourth-order valence-corrected chi connectivity index (χ4v) is 4.70. The Morgan fingerprint density at radius 3 is 2.90 bits per heavy atom. The first kappa shape index (κ1) is 19.9. The zero-order valence-electron chi connectivity index (χ0n) is 17.6. The third-order valence-corrected chi connectivity index (χ3v) is 6.24. The summed E-state index contributed by atoms with van der Waals surface area (Å²) in [5, 5.41) is 7.53. The Morgan fingerprint density at radius 2 is 2.06 bits per heavy atom. The number of hydrogen-bond donors (Lipinski definition) is 1. The summed E-state index contributed by atoms with van der Waals surface area (Å²) >= 11 is 0. The summed E-state index contributed by atoms with van der Waals surface area (Å²) in [6.45, 7) is 2.89. The lowest BCUT2D eigenvalue weighted by molar-refractivity contribution is -0.121. The molecule has 162 valence electrons. The minimum absolute atomic E-state index is 0.0285. The molecule has 1 fully saturated rings. The predicted molar refractivity (Wildman–Crippen MR) is 116 cm³/mol. The van der Waals surface area contributed by atoms with Crippen molar-refractivity contribution in [1.29, 1.82) is 0 Å². The average Bonchev–Trinajstić information content (AvgIpc) is 3.55. The maximum atomic E-state index is 12.7. The molecule has 5 rings (SSSR count). The maximum absolute atomic E-state index is 12.7. The van der Waals surface area contributed by atoms with Gasteiger partial charge in [0, 0.05) is 30.3 Å². The SMILES string of the molecule is O=C(Cn1ncc2c1-c1ccccc1OC2)NCCN(Cc1ccco1)C1CCCC1. The summed E-state index contributed by atoms with van der Waals surface area (Å²) in [5.74, 6) is 1.78. The molecule has 2 aromatic heterocycles. The normalized spacial score (nSPS) is 15.5. The van der Waals surface area contributed by atoms with Crippen LogP contribution in [0.25, 0.3) is 11.3 Å². The summed E-state index contributed by atoms with van der Waals surface area (Å²) < 4.78 is 13.1. The van der Waals surface area contributed by atoms with E-state index in [1.54, 1.807) is 17.1 Å². The average molecular weight is 421 g/mol. The highest BCUT2D eigenvalue weighted by molar-refractivity contribution is 5.78. The Balaban J connectivity index is 1.19. The second-order valence-electron chi connectivity index (χ2n) is 8.30. The molecule has 3 heterocycles. The number of ether oxygens (including phenoxy) is 1. The molecule has 1 aromatic carbocycles. The summed E-state index contributed by atoms with van der Waals surface area (Å²) in [4.78, 5) is 15.1. The van der Waals surface area contributed by atoms with E-state index < -0.39 is 0 Å². The van der Waals surface area contributed by atoms with Crippen LogP contribution in [0.5, 0.6) is 5.75 Å². The van der Waals surface area contributed by atoms with Crippen molar-refractivity contribution < 1.29 is 13.9 Å². The van der Waals surface area contributed by atoms with Gasteiger partial charge in [-0.15, -0.1) is 0 Å². The van der Waals surface area contributed by atoms with Crippen LogP contribution in [-0.4, -0.2) is 39.7 Å². The molecule has 7 heteroatoms. The predicted octanol–water partition coefficient (Wildman–Crippen LogP) is 3.60. The molecule has 1 N–H and O–H groups in total. The monoisotopic (exact) mass is 420 g/mol. The van der Waals surface area contributed by atoms with Crippen molar-refractivity contribution in [2.24, 2.45) is 0 Å². The van der Waals surface area contributed by atoms with Gasteiger partial charge in [-0.25, -0.2) is 0 Å². The zero-order valence-corrected chi connectivity index (χ0v) is 17.6. The van der Waals surface area contributed by atoms with Crippen LogP contribution in [0.4, 0.5) is 0 Å². The van der Waals surface area contributed by atoms with Crippen LogP contribution in [0.3, 0.4) is 0 Å². The number of carbonyl (C=O) groups excluding carboxylic acids is 1. The number of fused-ring (bicyclic) bond motifs is 3. The van der Waals surface area contributed by atoms with Crippen LogP contribution in [0.2, 0.25) is 0 Å². The number of carbonyl (C=O) groups is 1. The Kier molecular flexibility index (Phi) is 5.76. The Bertz CT molecular complexity index is 1020. The van der Waals surface area contributed by atoms with E-state index in [0.717, 1.165) is 41.4 Å². The van der Waals surface area contributed by atoms with Gasteiger partial charge < -0.3 is 14.5 Å². The van der Waals surface area contributed by atoms with Crippen LogP contribution >= 0.6 is 0 Å². The highest BCUT2D eigenvalue weighted by Gasteiger charge is 2.24. The van der Waals surface area contributed by atoms with Gasteiger partial charge in [-0.2, -0.15) is 5.10 Å². The van der Waals surface area contributed by atoms with Gasteiger partial charge in [0.1, 0.15) is 24.7 Å². The number of aromatic nitrogens is 2. The second-order valence-corrected chi connectivity index (χ2v) is 8.30. The van der Waals surface area contributed by atoms with E-state index in [1.165, 1.54) is 25.7 Å². The van der Waals surface area contributed by atoms with Gasteiger partial charge in [-0.3, -0.25) is 14.4 Å². The van der Waals surface area contributed by atoms with Gasteiger partial charge in [0.25, 0.3) is 0 Å². The van der Waals surface area contributed by atoms with Crippen molar-refractivity contribution in [3.05, 3.63) is 60.2 Å². The first-order chi connectivity index (χ1) is 15.3. The van der Waals surface area contributed by atoms with E-state index in [1.807, 2.05) is 36.4 Å². The molecule has 0 saturated heterocycles. The Labute approximate surface area is 182 Å².